The van der Waals surface area contributed by atoms with Crippen molar-refractivity contribution in [3.05, 3.63) is 32.6 Å². The molecule has 1 saturated carbocycles. The minimum atomic E-state index is -3.19. The Kier molecular flexibility index (Phi) is 5.48. The summed E-state index contributed by atoms with van der Waals surface area (Å²) in [5, 5.41) is 9.21. The molecule has 1 aliphatic carbocycles. The molecule has 0 N–H and O–H groups in total. The molecule has 0 spiro atoms. The highest BCUT2D eigenvalue weighted by atomic mass is 32.2. The van der Waals surface area contributed by atoms with Crippen LogP contribution in [0.3, 0.4) is 0 Å². The van der Waals surface area contributed by atoms with Crippen LogP contribution in [0.25, 0.3) is 0 Å². The predicted molar refractivity (Wildman–Crippen MR) is 102 cm³/mol. The Morgan fingerprint density at radius 1 is 1.32 bits per heavy atom. The van der Waals surface area contributed by atoms with Crippen LogP contribution in [-0.4, -0.2) is 52.5 Å². The molecular weight excluding hydrogens is 384 g/mol. The summed E-state index contributed by atoms with van der Waals surface area (Å²) >= 11 is 0. The van der Waals surface area contributed by atoms with Crippen molar-refractivity contribution in [2.75, 3.05) is 18.1 Å². The molecule has 1 amide bonds. The summed E-state index contributed by atoms with van der Waals surface area (Å²) < 4.78 is 25.8. The van der Waals surface area contributed by atoms with Gasteiger partial charge in [-0.25, -0.2) is 17.8 Å². The Labute approximate surface area is 163 Å². The molecule has 10 heteroatoms. The molecule has 2 fully saturated rings. The Bertz CT molecular complexity index is 1040. The normalized spacial score (nSPS) is 20.9. The van der Waals surface area contributed by atoms with Crippen LogP contribution in [-0.2, 0) is 21.2 Å². The van der Waals surface area contributed by atoms with Gasteiger partial charge < -0.3 is 4.90 Å². The van der Waals surface area contributed by atoms with Crippen molar-refractivity contribution < 1.29 is 13.2 Å². The summed E-state index contributed by atoms with van der Waals surface area (Å²) in [6.45, 7) is 3.66. The van der Waals surface area contributed by atoms with Gasteiger partial charge in [-0.1, -0.05) is 13.8 Å². The first kappa shape index (κ1) is 20.3. The van der Waals surface area contributed by atoms with Gasteiger partial charge in [-0.05, 0) is 25.2 Å². The van der Waals surface area contributed by atoms with Gasteiger partial charge in [-0.2, -0.15) is 5.26 Å². The molecule has 28 heavy (non-hydrogen) atoms. The Morgan fingerprint density at radius 3 is 2.50 bits per heavy atom. The largest absolute Gasteiger partial charge is 0.337 e. The first-order valence-electron chi connectivity index (χ1n) is 9.39. The van der Waals surface area contributed by atoms with Gasteiger partial charge in [0.05, 0.1) is 11.5 Å². The lowest BCUT2D eigenvalue weighted by Gasteiger charge is -2.30. The van der Waals surface area contributed by atoms with Crippen LogP contribution in [0, 0.1) is 17.2 Å². The Balaban J connectivity index is 1.94. The van der Waals surface area contributed by atoms with Gasteiger partial charge >= 0.3 is 5.69 Å². The van der Waals surface area contributed by atoms with Crippen molar-refractivity contribution in [3.63, 3.8) is 0 Å². The molecular formula is C18H24N4O5S. The van der Waals surface area contributed by atoms with Crippen molar-refractivity contribution in [1.82, 2.24) is 14.0 Å². The predicted octanol–water partition coefficient (Wildman–Crippen LogP) is -0.112. The molecule has 1 aromatic heterocycles. The summed E-state index contributed by atoms with van der Waals surface area (Å²) in [6, 6.07) is 1.28. The molecule has 0 aromatic carbocycles. The zero-order chi connectivity index (χ0) is 20.6. The van der Waals surface area contributed by atoms with E-state index >= 15 is 0 Å². The van der Waals surface area contributed by atoms with Crippen molar-refractivity contribution in [3.8, 4) is 6.07 Å². The highest BCUT2D eigenvalue weighted by Crippen LogP contribution is 2.33. The highest BCUT2D eigenvalue weighted by Gasteiger charge is 2.35. The lowest BCUT2D eigenvalue weighted by molar-refractivity contribution is -0.134. The Morgan fingerprint density at radius 2 is 2.00 bits per heavy atom. The van der Waals surface area contributed by atoms with Gasteiger partial charge in [0.2, 0.25) is 5.91 Å². The molecule has 1 aliphatic heterocycles. The second-order valence-electron chi connectivity index (χ2n) is 7.96. The van der Waals surface area contributed by atoms with Crippen molar-refractivity contribution in [2.24, 2.45) is 5.92 Å². The van der Waals surface area contributed by atoms with Crippen LogP contribution in [0.15, 0.2) is 15.8 Å². The topological polar surface area (TPSA) is 122 Å². The summed E-state index contributed by atoms with van der Waals surface area (Å²) in [5.41, 5.74) is -1.58. The smallest absolute Gasteiger partial charge is 0.331 e. The third kappa shape index (κ3) is 4.19. The van der Waals surface area contributed by atoms with Crippen LogP contribution in [0.2, 0.25) is 0 Å². The van der Waals surface area contributed by atoms with Crippen LogP contribution >= 0.6 is 0 Å². The van der Waals surface area contributed by atoms with E-state index in [2.05, 4.69) is 0 Å². The van der Waals surface area contributed by atoms with E-state index in [1.165, 1.54) is 15.7 Å². The van der Waals surface area contributed by atoms with E-state index < -0.39 is 39.6 Å². The summed E-state index contributed by atoms with van der Waals surface area (Å²) in [6.07, 6.45) is 3.19. The maximum Gasteiger partial charge on any atom is 0.331 e. The second kappa shape index (κ2) is 7.54. The number of carbonyl (C=O) groups excluding carboxylic acids is 1. The minimum absolute atomic E-state index is 0.0257. The SMILES string of the molecule is CC(C)CN(C(=O)Cn1c(=O)c(C#N)cn(C2CC2)c1=O)C1CCS(=O)(=O)C1. The van der Waals surface area contributed by atoms with E-state index in [4.69, 9.17) is 0 Å². The van der Waals surface area contributed by atoms with Gasteiger partial charge in [-0.15, -0.1) is 0 Å². The summed E-state index contributed by atoms with van der Waals surface area (Å²) in [7, 11) is -3.19. The zero-order valence-electron chi connectivity index (χ0n) is 16.0. The summed E-state index contributed by atoms with van der Waals surface area (Å²) in [5.74, 6) is -0.465. The van der Waals surface area contributed by atoms with Gasteiger partial charge in [0.25, 0.3) is 5.56 Å². The zero-order valence-corrected chi connectivity index (χ0v) is 16.8. The second-order valence-corrected chi connectivity index (χ2v) is 10.2. The number of aromatic nitrogens is 2. The number of sulfone groups is 1. The maximum absolute atomic E-state index is 13.0. The fraction of sp³-hybridized carbons (Fsp3) is 0.667. The first-order valence-corrected chi connectivity index (χ1v) is 11.2. The van der Waals surface area contributed by atoms with Crippen molar-refractivity contribution in [1.29, 1.82) is 5.26 Å². The average Bonchev–Trinajstić information content (AvgIpc) is 3.39. The van der Waals surface area contributed by atoms with Crippen molar-refractivity contribution >= 4 is 15.7 Å². The molecule has 1 unspecified atom stereocenters. The van der Waals surface area contributed by atoms with Crippen LogP contribution in [0.4, 0.5) is 0 Å². The third-order valence-electron chi connectivity index (χ3n) is 5.08. The van der Waals surface area contributed by atoms with Crippen LogP contribution < -0.4 is 11.2 Å². The molecule has 2 heterocycles. The minimum Gasteiger partial charge on any atom is -0.337 e. The van der Waals surface area contributed by atoms with Crippen LogP contribution in [0.5, 0.6) is 0 Å². The molecule has 0 bridgehead atoms. The fourth-order valence-electron chi connectivity index (χ4n) is 3.55. The van der Waals surface area contributed by atoms with E-state index in [9.17, 15) is 28.1 Å². The van der Waals surface area contributed by atoms with Gasteiger partial charge in [-0.3, -0.25) is 14.2 Å². The number of carbonyl (C=O) groups is 1. The number of hydrogen-bond acceptors (Lipinski definition) is 6. The third-order valence-corrected chi connectivity index (χ3v) is 6.83. The van der Waals surface area contributed by atoms with Gasteiger partial charge in [0.15, 0.2) is 9.84 Å². The lowest BCUT2D eigenvalue weighted by atomic mass is 10.1. The van der Waals surface area contributed by atoms with E-state index in [1.807, 2.05) is 13.8 Å². The van der Waals surface area contributed by atoms with Crippen LogP contribution in [0.1, 0.15) is 44.7 Å². The summed E-state index contributed by atoms with van der Waals surface area (Å²) in [4.78, 5) is 39.6. The van der Waals surface area contributed by atoms with E-state index in [0.717, 1.165) is 17.4 Å². The molecule has 152 valence electrons. The van der Waals surface area contributed by atoms with E-state index in [-0.39, 0.29) is 29.0 Å². The van der Waals surface area contributed by atoms with E-state index in [1.54, 1.807) is 6.07 Å². The quantitative estimate of drug-likeness (QED) is 0.647. The standard InChI is InChI=1S/C18H24N4O5S/c1-12(2)8-20(15-5-6-28(26,27)11-15)16(23)10-22-17(24)13(7-19)9-21(18(22)25)14-3-4-14/h9,12,14-15H,3-6,8,10-11H2,1-2H3. The molecule has 3 rings (SSSR count). The average molecular weight is 408 g/mol. The van der Waals surface area contributed by atoms with E-state index in [0.29, 0.717) is 13.0 Å². The molecule has 2 aliphatic rings. The fourth-order valence-corrected chi connectivity index (χ4v) is 5.28. The maximum atomic E-state index is 13.0. The highest BCUT2D eigenvalue weighted by molar-refractivity contribution is 7.91. The molecule has 1 aromatic rings. The lowest BCUT2D eigenvalue weighted by Crippen LogP contribution is -2.49. The number of rotatable bonds is 6. The molecule has 0 radical (unpaired) electrons. The Hall–Kier alpha value is -2.41. The van der Waals surface area contributed by atoms with Gasteiger partial charge in [0, 0.05) is 24.8 Å². The van der Waals surface area contributed by atoms with Crippen molar-refractivity contribution in [2.45, 2.75) is 51.7 Å². The number of hydrogen-bond donors (Lipinski definition) is 0. The molecule has 9 nitrogen and oxygen atoms in total. The molecule has 1 saturated heterocycles. The number of nitriles is 1. The first-order chi connectivity index (χ1) is 13.1. The number of nitrogens with zero attached hydrogens (tertiary/aromatic N) is 4. The molecule has 1 atom stereocenters. The number of amides is 1. The van der Waals surface area contributed by atoms with Gasteiger partial charge in [0.1, 0.15) is 18.2 Å². The monoisotopic (exact) mass is 408 g/mol.